The van der Waals surface area contributed by atoms with E-state index in [0.717, 1.165) is 81.9 Å². The molecule has 0 saturated carbocycles. The average Bonchev–Trinajstić information content (AvgIpc) is 3.34. The number of aliphatic imine (C=N–C) groups is 1. The molecule has 1 N–H and O–H groups in total. The number of likely N-dealkylation sites (N-methyl/N-ethyl adjacent to an activating group) is 1. The minimum atomic E-state index is 0.600. The second kappa shape index (κ2) is 13.1. The van der Waals surface area contributed by atoms with Crippen LogP contribution in [0.2, 0.25) is 0 Å². The van der Waals surface area contributed by atoms with Crippen LogP contribution in [0, 0.1) is 0 Å². The third-order valence-electron chi connectivity index (χ3n) is 5.81. The van der Waals surface area contributed by atoms with E-state index in [9.17, 15) is 0 Å². The van der Waals surface area contributed by atoms with Crippen LogP contribution in [0.15, 0.2) is 46.1 Å². The van der Waals surface area contributed by atoms with E-state index in [0.29, 0.717) is 13.2 Å². The highest BCUT2D eigenvalue weighted by molar-refractivity contribution is 5.80. The summed E-state index contributed by atoms with van der Waals surface area (Å²) in [7, 11) is 0. The fourth-order valence-electron chi connectivity index (χ4n) is 3.85. The van der Waals surface area contributed by atoms with Gasteiger partial charge in [0.25, 0.3) is 0 Å². The van der Waals surface area contributed by atoms with Gasteiger partial charge in [-0.1, -0.05) is 37.2 Å². The molecule has 0 aliphatic carbocycles. The van der Waals surface area contributed by atoms with Gasteiger partial charge in [-0.15, -0.1) is 0 Å². The Balaban J connectivity index is 1.56. The molecule has 1 aromatic heterocycles. The quantitative estimate of drug-likeness (QED) is 0.424. The number of rotatable bonds is 11. The number of piperazine rings is 1. The summed E-state index contributed by atoms with van der Waals surface area (Å²) in [5, 5.41) is 7.48. The zero-order chi connectivity index (χ0) is 22.6. The molecule has 32 heavy (non-hydrogen) atoms. The third-order valence-corrected chi connectivity index (χ3v) is 5.81. The van der Waals surface area contributed by atoms with Gasteiger partial charge in [0.15, 0.2) is 5.96 Å². The van der Waals surface area contributed by atoms with Crippen molar-refractivity contribution >= 4 is 5.96 Å². The second-order valence-corrected chi connectivity index (χ2v) is 7.91. The normalized spacial score (nSPS) is 15.4. The smallest absolute Gasteiger partial charge is 0.194 e. The predicted octanol–water partition coefficient (Wildman–Crippen LogP) is 2.68. The molecule has 0 atom stereocenters. The molecular weight excluding hydrogens is 404 g/mol. The molecule has 8 heteroatoms. The number of para-hydroxylation sites is 1. The molecule has 8 nitrogen and oxygen atoms in total. The predicted molar refractivity (Wildman–Crippen MR) is 128 cm³/mol. The molecule has 3 rings (SSSR count). The van der Waals surface area contributed by atoms with Crippen LogP contribution in [0.3, 0.4) is 0 Å². The molecule has 1 fully saturated rings. The number of hydrogen-bond acceptors (Lipinski definition) is 6. The van der Waals surface area contributed by atoms with Crippen molar-refractivity contribution in [1.29, 1.82) is 0 Å². The van der Waals surface area contributed by atoms with Gasteiger partial charge in [0.1, 0.15) is 18.6 Å². The summed E-state index contributed by atoms with van der Waals surface area (Å²) in [6.07, 6.45) is 1.63. The lowest BCUT2D eigenvalue weighted by molar-refractivity contribution is 0.169. The number of aromatic nitrogens is 1. The first kappa shape index (κ1) is 24.1. The van der Waals surface area contributed by atoms with Crippen molar-refractivity contribution in [3.8, 4) is 5.75 Å². The van der Waals surface area contributed by atoms with Gasteiger partial charge in [-0.05, 0) is 26.1 Å². The van der Waals surface area contributed by atoms with Crippen molar-refractivity contribution < 1.29 is 9.26 Å². The van der Waals surface area contributed by atoms with E-state index in [1.807, 2.05) is 18.2 Å². The largest absolute Gasteiger partial charge is 0.492 e. The van der Waals surface area contributed by atoms with Crippen molar-refractivity contribution in [2.45, 2.75) is 33.9 Å². The minimum absolute atomic E-state index is 0.600. The fraction of sp³-hybridized carbons (Fsp3) is 0.583. The molecule has 0 unspecified atom stereocenters. The Morgan fingerprint density at radius 2 is 1.91 bits per heavy atom. The van der Waals surface area contributed by atoms with Gasteiger partial charge in [0.05, 0.1) is 12.2 Å². The van der Waals surface area contributed by atoms with E-state index in [4.69, 9.17) is 14.3 Å². The summed E-state index contributed by atoms with van der Waals surface area (Å²) >= 11 is 0. The molecule has 1 aliphatic heterocycles. The van der Waals surface area contributed by atoms with Gasteiger partial charge in [0, 0.05) is 57.4 Å². The first-order valence-electron chi connectivity index (χ1n) is 11.8. The zero-order valence-corrected chi connectivity index (χ0v) is 19.8. The summed E-state index contributed by atoms with van der Waals surface area (Å²) < 4.78 is 11.1. The maximum absolute atomic E-state index is 6.11. The monoisotopic (exact) mass is 442 g/mol. The number of benzene rings is 1. The first-order chi connectivity index (χ1) is 15.7. The van der Waals surface area contributed by atoms with Crippen molar-refractivity contribution in [2.75, 3.05) is 59.0 Å². The van der Waals surface area contributed by atoms with Gasteiger partial charge in [-0.2, -0.15) is 0 Å². The number of nitrogens with zero attached hydrogens (tertiary/aromatic N) is 5. The third kappa shape index (κ3) is 7.24. The number of hydrogen-bond donors (Lipinski definition) is 1. The highest BCUT2D eigenvalue weighted by atomic mass is 16.5. The van der Waals surface area contributed by atoms with Crippen LogP contribution in [0.25, 0.3) is 0 Å². The Hall–Kier alpha value is -2.58. The lowest BCUT2D eigenvalue weighted by Crippen LogP contribution is -2.52. The van der Waals surface area contributed by atoms with Crippen LogP contribution in [-0.2, 0) is 13.1 Å². The fourth-order valence-corrected chi connectivity index (χ4v) is 3.85. The average molecular weight is 443 g/mol. The standard InChI is InChI=1S/C24H38N6O2/c1-4-25-24(30-14-12-29(13-15-30)20-22-11-17-32-27-22)26-19-21-9-7-8-10-23(21)31-18-16-28(5-2)6-3/h7-11,17H,4-6,12-16,18-20H2,1-3H3,(H,25,26). The minimum Gasteiger partial charge on any atom is -0.492 e. The van der Waals surface area contributed by atoms with E-state index in [1.165, 1.54) is 0 Å². The van der Waals surface area contributed by atoms with Crippen molar-refractivity contribution in [3.63, 3.8) is 0 Å². The van der Waals surface area contributed by atoms with Crippen LogP contribution < -0.4 is 10.1 Å². The Kier molecular flexibility index (Phi) is 9.84. The molecule has 176 valence electrons. The summed E-state index contributed by atoms with van der Waals surface area (Å²) in [4.78, 5) is 12.0. The van der Waals surface area contributed by atoms with Gasteiger partial charge < -0.3 is 24.4 Å². The maximum atomic E-state index is 6.11. The molecule has 2 aromatic rings. The van der Waals surface area contributed by atoms with Gasteiger partial charge in [0.2, 0.25) is 0 Å². The maximum Gasteiger partial charge on any atom is 0.194 e. The van der Waals surface area contributed by atoms with E-state index in [1.54, 1.807) is 6.26 Å². The zero-order valence-electron chi connectivity index (χ0n) is 19.8. The Morgan fingerprint density at radius 3 is 2.59 bits per heavy atom. The van der Waals surface area contributed by atoms with Crippen molar-refractivity contribution in [2.24, 2.45) is 4.99 Å². The molecule has 0 radical (unpaired) electrons. The van der Waals surface area contributed by atoms with E-state index in [2.05, 4.69) is 58.1 Å². The summed E-state index contributed by atoms with van der Waals surface area (Å²) in [5.41, 5.74) is 2.10. The lowest BCUT2D eigenvalue weighted by Gasteiger charge is -2.36. The summed E-state index contributed by atoms with van der Waals surface area (Å²) in [6.45, 7) is 16.3. The van der Waals surface area contributed by atoms with Gasteiger partial charge in [-0.25, -0.2) is 4.99 Å². The van der Waals surface area contributed by atoms with Crippen LogP contribution in [0.1, 0.15) is 32.0 Å². The van der Waals surface area contributed by atoms with Crippen LogP contribution in [-0.4, -0.2) is 84.8 Å². The lowest BCUT2D eigenvalue weighted by atomic mass is 10.2. The molecule has 1 aliphatic rings. The molecular formula is C24H38N6O2. The Labute approximate surface area is 192 Å². The molecule has 2 heterocycles. The Morgan fingerprint density at radius 1 is 1.12 bits per heavy atom. The van der Waals surface area contributed by atoms with Crippen molar-refractivity contribution in [3.05, 3.63) is 47.9 Å². The topological polar surface area (TPSA) is 69.4 Å². The summed E-state index contributed by atoms with van der Waals surface area (Å²) in [6, 6.07) is 10.2. The summed E-state index contributed by atoms with van der Waals surface area (Å²) in [5.74, 6) is 1.89. The van der Waals surface area contributed by atoms with E-state index < -0.39 is 0 Å². The van der Waals surface area contributed by atoms with Gasteiger partial charge in [-0.3, -0.25) is 4.90 Å². The highest BCUT2D eigenvalue weighted by Crippen LogP contribution is 2.19. The molecule has 1 saturated heterocycles. The number of nitrogens with one attached hydrogen (secondary N) is 1. The van der Waals surface area contributed by atoms with Crippen molar-refractivity contribution in [1.82, 2.24) is 25.2 Å². The SMILES string of the molecule is CCNC(=NCc1ccccc1OCCN(CC)CC)N1CCN(Cc2ccon2)CC1. The van der Waals surface area contributed by atoms with E-state index in [-0.39, 0.29) is 0 Å². The first-order valence-corrected chi connectivity index (χ1v) is 11.8. The number of guanidine groups is 1. The van der Waals surface area contributed by atoms with E-state index >= 15 is 0 Å². The van der Waals surface area contributed by atoms with Crippen LogP contribution >= 0.6 is 0 Å². The molecule has 0 bridgehead atoms. The van der Waals surface area contributed by atoms with Gasteiger partial charge >= 0.3 is 0 Å². The Bertz CT molecular complexity index is 799. The highest BCUT2D eigenvalue weighted by Gasteiger charge is 2.20. The van der Waals surface area contributed by atoms with Crippen LogP contribution in [0.4, 0.5) is 0 Å². The number of ether oxygens (including phenoxy) is 1. The molecule has 1 aromatic carbocycles. The molecule has 0 amide bonds. The molecule has 0 spiro atoms. The van der Waals surface area contributed by atoms with Crippen LogP contribution in [0.5, 0.6) is 5.75 Å². The second-order valence-electron chi connectivity index (χ2n) is 7.91.